The molecular formula is C3H4NO6P. The van der Waals surface area contributed by atoms with Crippen LogP contribution in [0.3, 0.4) is 0 Å². The second-order valence-electron chi connectivity index (χ2n) is 1.77. The number of carbonyl (C=O) groups excluding carboxylic acids is 2. The maximum absolute atomic E-state index is 10.5. The van der Waals surface area contributed by atoms with Gasteiger partial charge in [-0.15, -0.1) is 4.67 Å². The van der Waals surface area contributed by atoms with Gasteiger partial charge in [0.15, 0.2) is 6.61 Å². The van der Waals surface area contributed by atoms with Crippen molar-refractivity contribution in [3.63, 3.8) is 0 Å². The Hall–Kier alpha value is -0.910. The van der Waals surface area contributed by atoms with E-state index in [0.717, 1.165) is 0 Å². The van der Waals surface area contributed by atoms with Gasteiger partial charge in [0, 0.05) is 0 Å². The van der Waals surface area contributed by atoms with Gasteiger partial charge in [0.25, 0.3) is 5.91 Å². The van der Waals surface area contributed by atoms with Crippen molar-refractivity contribution in [3.05, 3.63) is 0 Å². The number of hydrogen-bond acceptors (Lipinski definition) is 4. The first-order valence-corrected chi connectivity index (χ1v) is 4.05. The number of amides is 2. The van der Waals surface area contributed by atoms with E-state index < -0.39 is 26.4 Å². The molecule has 0 radical (unpaired) electrons. The van der Waals surface area contributed by atoms with Crippen LogP contribution in [0.5, 0.6) is 0 Å². The number of cyclic esters (lactones) is 1. The van der Waals surface area contributed by atoms with E-state index in [1.165, 1.54) is 0 Å². The topological polar surface area (TPSA) is 104 Å². The van der Waals surface area contributed by atoms with Crippen molar-refractivity contribution in [1.82, 2.24) is 4.67 Å². The van der Waals surface area contributed by atoms with Crippen molar-refractivity contribution in [3.8, 4) is 0 Å². The van der Waals surface area contributed by atoms with Crippen LogP contribution in [0.1, 0.15) is 0 Å². The summed E-state index contributed by atoms with van der Waals surface area (Å²) in [6.45, 7) is -0.607. The Morgan fingerprint density at radius 3 is 2.18 bits per heavy atom. The van der Waals surface area contributed by atoms with Gasteiger partial charge in [-0.3, -0.25) is 4.79 Å². The summed E-state index contributed by atoms with van der Waals surface area (Å²) in [5.74, 6) is -1.02. The van der Waals surface area contributed by atoms with E-state index >= 15 is 0 Å². The summed E-state index contributed by atoms with van der Waals surface area (Å²) < 4.78 is 14.2. The van der Waals surface area contributed by atoms with Gasteiger partial charge in [-0.25, -0.2) is 9.36 Å². The molecule has 2 N–H and O–H groups in total. The Bertz CT molecular complexity index is 239. The monoisotopic (exact) mass is 181 g/mol. The molecule has 0 spiro atoms. The highest BCUT2D eigenvalue weighted by atomic mass is 31.2. The third kappa shape index (κ3) is 1.40. The Morgan fingerprint density at radius 2 is 2.00 bits per heavy atom. The molecule has 1 rings (SSSR count). The SMILES string of the molecule is O=C1COC(=O)N1P(=O)(O)O. The summed E-state index contributed by atoms with van der Waals surface area (Å²) in [5, 5.41) is 0. The maximum Gasteiger partial charge on any atom is 0.442 e. The molecule has 1 saturated heterocycles. The van der Waals surface area contributed by atoms with Gasteiger partial charge in [0.1, 0.15) is 0 Å². The lowest BCUT2D eigenvalue weighted by Crippen LogP contribution is -2.25. The van der Waals surface area contributed by atoms with Crippen molar-refractivity contribution in [2.75, 3.05) is 6.61 Å². The lowest BCUT2D eigenvalue weighted by atomic mass is 10.7. The highest BCUT2D eigenvalue weighted by Gasteiger charge is 2.43. The molecule has 0 atom stereocenters. The quantitative estimate of drug-likeness (QED) is 0.505. The van der Waals surface area contributed by atoms with E-state index in [0.29, 0.717) is 0 Å². The van der Waals surface area contributed by atoms with E-state index in [9.17, 15) is 14.2 Å². The zero-order valence-electron chi connectivity index (χ0n) is 5.13. The molecule has 11 heavy (non-hydrogen) atoms. The standard InChI is InChI=1S/C3H4NO6P/c5-2-1-10-3(6)4(2)11(7,8)9/h1H2,(H2,7,8,9). The maximum atomic E-state index is 10.5. The lowest BCUT2D eigenvalue weighted by Gasteiger charge is -2.10. The van der Waals surface area contributed by atoms with Crippen LogP contribution in [0, 0.1) is 0 Å². The van der Waals surface area contributed by atoms with E-state index in [1.54, 1.807) is 0 Å². The Labute approximate surface area is 60.8 Å². The summed E-state index contributed by atoms with van der Waals surface area (Å²) in [5.41, 5.74) is 0. The minimum absolute atomic E-state index is 0.201. The van der Waals surface area contributed by atoms with E-state index in [2.05, 4.69) is 4.74 Å². The van der Waals surface area contributed by atoms with Gasteiger partial charge in [-0.2, -0.15) is 0 Å². The largest absolute Gasteiger partial charge is 0.442 e. The first-order valence-electron chi connectivity index (χ1n) is 2.48. The fourth-order valence-corrected chi connectivity index (χ4v) is 1.22. The third-order valence-corrected chi connectivity index (χ3v) is 1.90. The minimum Gasteiger partial charge on any atom is -0.439 e. The molecule has 8 heteroatoms. The van der Waals surface area contributed by atoms with Crippen LogP contribution in [0.15, 0.2) is 0 Å². The zero-order chi connectivity index (χ0) is 8.65. The molecule has 1 aliphatic rings. The number of ether oxygens (including phenoxy) is 1. The third-order valence-electron chi connectivity index (χ3n) is 0.989. The zero-order valence-corrected chi connectivity index (χ0v) is 6.02. The van der Waals surface area contributed by atoms with Crippen molar-refractivity contribution >= 4 is 19.7 Å². The van der Waals surface area contributed by atoms with Gasteiger partial charge in [0.05, 0.1) is 0 Å². The number of carbonyl (C=O) groups is 2. The highest BCUT2D eigenvalue weighted by Crippen LogP contribution is 2.42. The molecule has 0 saturated carbocycles. The van der Waals surface area contributed by atoms with E-state index in [1.807, 2.05) is 0 Å². The van der Waals surface area contributed by atoms with Crippen LogP contribution in [0.25, 0.3) is 0 Å². The number of imide groups is 1. The highest BCUT2D eigenvalue weighted by molar-refractivity contribution is 7.50. The summed E-state index contributed by atoms with van der Waals surface area (Å²) in [7, 11) is -4.82. The fraction of sp³-hybridized carbons (Fsp3) is 0.333. The summed E-state index contributed by atoms with van der Waals surface area (Å²) in [6, 6.07) is 0. The number of nitrogens with zero attached hydrogens (tertiary/aromatic N) is 1. The second kappa shape index (κ2) is 2.30. The first-order chi connectivity index (χ1) is 4.93. The Morgan fingerprint density at radius 1 is 1.45 bits per heavy atom. The molecule has 2 amide bonds. The molecule has 0 bridgehead atoms. The normalized spacial score (nSPS) is 18.9. The summed E-state index contributed by atoms with van der Waals surface area (Å²) in [4.78, 5) is 37.7. The van der Waals surface area contributed by atoms with Gasteiger partial charge < -0.3 is 14.5 Å². The fourth-order valence-electron chi connectivity index (χ4n) is 0.599. The van der Waals surface area contributed by atoms with Crippen molar-refractivity contribution in [2.45, 2.75) is 0 Å². The van der Waals surface area contributed by atoms with Crippen LogP contribution < -0.4 is 0 Å². The number of rotatable bonds is 1. The summed E-state index contributed by atoms with van der Waals surface area (Å²) in [6.07, 6.45) is -1.30. The van der Waals surface area contributed by atoms with Crippen LogP contribution in [0.2, 0.25) is 0 Å². The number of hydrogen-bond donors (Lipinski definition) is 2. The molecule has 0 aliphatic carbocycles. The van der Waals surface area contributed by atoms with Crippen molar-refractivity contribution < 1.29 is 28.7 Å². The van der Waals surface area contributed by atoms with Gasteiger partial charge in [-0.1, -0.05) is 0 Å². The lowest BCUT2D eigenvalue weighted by molar-refractivity contribution is -0.123. The van der Waals surface area contributed by atoms with Crippen LogP contribution in [-0.4, -0.2) is 33.1 Å². The average molecular weight is 181 g/mol. The molecule has 0 unspecified atom stereocenters. The van der Waals surface area contributed by atoms with Gasteiger partial charge >= 0.3 is 13.8 Å². The molecule has 62 valence electrons. The predicted octanol–water partition coefficient (Wildman–Crippen LogP) is -0.942. The van der Waals surface area contributed by atoms with Crippen LogP contribution in [-0.2, 0) is 14.1 Å². The van der Waals surface area contributed by atoms with Gasteiger partial charge in [0.2, 0.25) is 0 Å². The van der Waals surface area contributed by atoms with Crippen LogP contribution >= 0.6 is 7.75 Å². The second-order valence-corrected chi connectivity index (χ2v) is 3.20. The van der Waals surface area contributed by atoms with E-state index in [4.69, 9.17) is 9.79 Å². The molecule has 0 aromatic rings. The molecule has 0 aromatic carbocycles. The van der Waals surface area contributed by atoms with Crippen molar-refractivity contribution in [2.24, 2.45) is 0 Å². The van der Waals surface area contributed by atoms with Crippen molar-refractivity contribution in [1.29, 1.82) is 0 Å². The molecule has 1 fully saturated rings. The first kappa shape index (κ1) is 8.19. The average Bonchev–Trinajstić information content (AvgIpc) is 2.08. The molecule has 0 aromatic heterocycles. The van der Waals surface area contributed by atoms with Gasteiger partial charge in [-0.05, 0) is 0 Å². The molecule has 7 nitrogen and oxygen atoms in total. The smallest absolute Gasteiger partial charge is 0.439 e. The molecule has 1 aliphatic heterocycles. The van der Waals surface area contributed by atoms with E-state index in [-0.39, 0.29) is 4.67 Å². The Balaban J connectivity index is 2.95. The predicted molar refractivity (Wildman–Crippen MR) is 30.2 cm³/mol. The molecule has 1 heterocycles. The summed E-state index contributed by atoms with van der Waals surface area (Å²) >= 11 is 0. The minimum atomic E-state index is -4.82. The molecular weight excluding hydrogens is 177 g/mol. The Kier molecular flexibility index (Phi) is 1.71. The van der Waals surface area contributed by atoms with Crippen LogP contribution in [0.4, 0.5) is 4.79 Å².